The van der Waals surface area contributed by atoms with Crippen molar-refractivity contribution in [1.29, 1.82) is 0 Å². The molecule has 6 nitrogen and oxygen atoms in total. The van der Waals surface area contributed by atoms with E-state index in [4.69, 9.17) is 4.74 Å². The molecule has 0 aliphatic heterocycles. The molecule has 0 unspecified atom stereocenters. The van der Waals surface area contributed by atoms with E-state index in [1.165, 1.54) is 18.4 Å². The number of hydrogen-bond donors (Lipinski definition) is 2. The van der Waals surface area contributed by atoms with Crippen LogP contribution in [-0.4, -0.2) is 31.1 Å². The van der Waals surface area contributed by atoms with Crippen molar-refractivity contribution < 1.29 is 19.1 Å². The van der Waals surface area contributed by atoms with Gasteiger partial charge >= 0.3 is 12.0 Å². The summed E-state index contributed by atoms with van der Waals surface area (Å²) in [6.45, 7) is 3.65. The van der Waals surface area contributed by atoms with E-state index < -0.39 is 24.5 Å². The van der Waals surface area contributed by atoms with Gasteiger partial charge in [0, 0.05) is 6.54 Å². The summed E-state index contributed by atoms with van der Waals surface area (Å²) < 4.78 is 4.99. The van der Waals surface area contributed by atoms with Crippen molar-refractivity contribution in [3.8, 4) is 0 Å². The number of urea groups is 1. The SMILES string of the molecule is Cc1ccc(C)c(C(=O)OCC(=O)NC(=O)NCCC2=CCCCC2)c1. The molecule has 0 radical (unpaired) electrons. The number of ether oxygens (including phenoxy) is 1. The highest BCUT2D eigenvalue weighted by atomic mass is 16.5. The smallest absolute Gasteiger partial charge is 0.338 e. The maximum Gasteiger partial charge on any atom is 0.338 e. The number of hydrogen-bond acceptors (Lipinski definition) is 4. The van der Waals surface area contributed by atoms with Gasteiger partial charge in [-0.15, -0.1) is 0 Å². The van der Waals surface area contributed by atoms with Gasteiger partial charge in [-0.1, -0.05) is 29.3 Å². The lowest BCUT2D eigenvalue weighted by Gasteiger charge is -2.13. The number of allylic oxidation sites excluding steroid dienone is 1. The fraction of sp³-hybridized carbons (Fsp3) is 0.450. The Morgan fingerprint density at radius 2 is 1.96 bits per heavy atom. The van der Waals surface area contributed by atoms with Crippen molar-refractivity contribution in [2.24, 2.45) is 0 Å². The van der Waals surface area contributed by atoms with Crippen LogP contribution in [0.25, 0.3) is 0 Å². The van der Waals surface area contributed by atoms with Crippen molar-refractivity contribution in [2.75, 3.05) is 13.2 Å². The summed E-state index contributed by atoms with van der Waals surface area (Å²) in [4.78, 5) is 35.5. The van der Waals surface area contributed by atoms with Crippen LogP contribution in [0.5, 0.6) is 0 Å². The van der Waals surface area contributed by atoms with Crippen molar-refractivity contribution in [1.82, 2.24) is 10.6 Å². The number of amides is 3. The van der Waals surface area contributed by atoms with Gasteiger partial charge in [-0.3, -0.25) is 10.1 Å². The number of nitrogens with one attached hydrogen (secondary N) is 2. The van der Waals surface area contributed by atoms with Crippen LogP contribution in [0.2, 0.25) is 0 Å². The van der Waals surface area contributed by atoms with Gasteiger partial charge in [0.05, 0.1) is 5.56 Å². The molecule has 0 saturated heterocycles. The Morgan fingerprint density at radius 1 is 1.15 bits per heavy atom. The lowest BCUT2D eigenvalue weighted by atomic mass is 9.97. The Kier molecular flexibility index (Phi) is 7.38. The van der Waals surface area contributed by atoms with E-state index in [1.54, 1.807) is 13.0 Å². The van der Waals surface area contributed by atoms with E-state index in [0.717, 1.165) is 30.4 Å². The molecule has 0 saturated carbocycles. The highest BCUT2D eigenvalue weighted by Crippen LogP contribution is 2.19. The first-order valence-electron chi connectivity index (χ1n) is 8.95. The molecule has 1 aliphatic rings. The van der Waals surface area contributed by atoms with Crippen LogP contribution in [-0.2, 0) is 9.53 Å². The third-order valence-corrected chi connectivity index (χ3v) is 4.32. The molecule has 0 atom stereocenters. The molecule has 3 amide bonds. The quantitative estimate of drug-likeness (QED) is 0.604. The van der Waals surface area contributed by atoms with Crippen LogP contribution in [0, 0.1) is 13.8 Å². The highest BCUT2D eigenvalue weighted by molar-refractivity contribution is 5.97. The van der Waals surface area contributed by atoms with Gasteiger partial charge in [0.2, 0.25) is 0 Å². The number of rotatable bonds is 6. The van der Waals surface area contributed by atoms with Crippen molar-refractivity contribution in [3.63, 3.8) is 0 Å². The Morgan fingerprint density at radius 3 is 2.69 bits per heavy atom. The first-order valence-corrected chi connectivity index (χ1v) is 8.95. The van der Waals surface area contributed by atoms with E-state index in [9.17, 15) is 14.4 Å². The molecule has 0 bridgehead atoms. The molecule has 0 spiro atoms. The minimum absolute atomic E-state index is 0.419. The molecule has 6 heteroatoms. The molecule has 0 heterocycles. The summed E-state index contributed by atoms with van der Waals surface area (Å²) in [6, 6.07) is 4.85. The molecule has 26 heavy (non-hydrogen) atoms. The lowest BCUT2D eigenvalue weighted by molar-refractivity contribution is -0.123. The van der Waals surface area contributed by atoms with Crippen molar-refractivity contribution in [3.05, 3.63) is 46.5 Å². The number of carbonyl (C=O) groups is 3. The van der Waals surface area contributed by atoms with E-state index >= 15 is 0 Å². The summed E-state index contributed by atoms with van der Waals surface area (Å²) in [5.41, 5.74) is 3.48. The van der Waals surface area contributed by atoms with Crippen LogP contribution in [0.15, 0.2) is 29.8 Å². The van der Waals surface area contributed by atoms with Gasteiger partial charge in [-0.05, 0) is 57.6 Å². The molecule has 0 fully saturated rings. The third-order valence-electron chi connectivity index (χ3n) is 4.32. The van der Waals surface area contributed by atoms with Crippen LogP contribution in [0.1, 0.15) is 53.6 Å². The van der Waals surface area contributed by atoms with Crippen LogP contribution in [0.4, 0.5) is 4.79 Å². The van der Waals surface area contributed by atoms with E-state index in [2.05, 4.69) is 16.7 Å². The largest absolute Gasteiger partial charge is 0.452 e. The summed E-state index contributed by atoms with van der Waals surface area (Å²) in [5, 5.41) is 4.81. The Hall–Kier alpha value is -2.63. The summed E-state index contributed by atoms with van der Waals surface area (Å²) in [5.74, 6) is -1.23. The average molecular weight is 358 g/mol. The highest BCUT2D eigenvalue weighted by Gasteiger charge is 2.14. The standard InChI is InChI=1S/C20H26N2O4/c1-14-8-9-15(2)17(12-14)19(24)26-13-18(23)22-20(25)21-11-10-16-6-4-3-5-7-16/h6,8-9,12H,3-5,7,10-11,13H2,1-2H3,(H2,21,22,23,25). The topological polar surface area (TPSA) is 84.5 Å². The maximum absolute atomic E-state index is 12.0. The van der Waals surface area contributed by atoms with Gasteiger partial charge in [0.25, 0.3) is 5.91 Å². The second-order valence-corrected chi connectivity index (χ2v) is 6.56. The molecule has 1 aliphatic carbocycles. The molecular weight excluding hydrogens is 332 g/mol. The fourth-order valence-electron chi connectivity index (χ4n) is 2.84. The van der Waals surface area contributed by atoms with Crippen LogP contribution < -0.4 is 10.6 Å². The number of carbonyl (C=O) groups excluding carboxylic acids is 3. The average Bonchev–Trinajstić information content (AvgIpc) is 2.62. The van der Waals surface area contributed by atoms with Crippen LogP contribution >= 0.6 is 0 Å². The summed E-state index contributed by atoms with van der Waals surface area (Å²) in [7, 11) is 0. The molecule has 1 aromatic carbocycles. The Labute approximate surface area is 154 Å². The molecule has 0 aromatic heterocycles. The maximum atomic E-state index is 12.0. The van der Waals surface area contributed by atoms with Crippen molar-refractivity contribution in [2.45, 2.75) is 46.0 Å². The fourth-order valence-corrected chi connectivity index (χ4v) is 2.84. The second kappa shape index (κ2) is 9.75. The van der Waals surface area contributed by atoms with E-state index in [-0.39, 0.29) is 0 Å². The summed E-state index contributed by atoms with van der Waals surface area (Å²) >= 11 is 0. The van der Waals surface area contributed by atoms with Gasteiger partial charge in [-0.25, -0.2) is 9.59 Å². The number of aryl methyl sites for hydroxylation is 2. The molecule has 2 N–H and O–H groups in total. The predicted molar refractivity (Wildman–Crippen MR) is 98.9 cm³/mol. The minimum atomic E-state index is -0.655. The second-order valence-electron chi connectivity index (χ2n) is 6.56. The van der Waals surface area contributed by atoms with Gasteiger partial charge in [0.1, 0.15) is 0 Å². The van der Waals surface area contributed by atoms with Crippen LogP contribution in [0.3, 0.4) is 0 Å². The summed E-state index contributed by atoms with van der Waals surface area (Å²) in [6.07, 6.45) is 7.63. The Balaban J connectivity index is 1.69. The molecule has 140 valence electrons. The van der Waals surface area contributed by atoms with Gasteiger partial charge < -0.3 is 10.1 Å². The van der Waals surface area contributed by atoms with Gasteiger partial charge in [0.15, 0.2) is 6.61 Å². The number of imide groups is 1. The zero-order chi connectivity index (χ0) is 18.9. The van der Waals surface area contributed by atoms with E-state index in [0.29, 0.717) is 12.1 Å². The Bertz CT molecular complexity index is 710. The molecular formula is C20H26N2O4. The van der Waals surface area contributed by atoms with Gasteiger partial charge in [-0.2, -0.15) is 0 Å². The zero-order valence-electron chi connectivity index (χ0n) is 15.4. The molecule has 1 aromatic rings. The van der Waals surface area contributed by atoms with Crippen molar-refractivity contribution >= 4 is 17.9 Å². The number of benzene rings is 1. The first-order chi connectivity index (χ1) is 12.5. The monoisotopic (exact) mass is 358 g/mol. The number of esters is 1. The molecule has 2 rings (SSSR count). The first kappa shape index (κ1) is 19.7. The zero-order valence-corrected chi connectivity index (χ0v) is 15.4. The van der Waals surface area contributed by atoms with E-state index in [1.807, 2.05) is 19.1 Å². The third kappa shape index (κ3) is 6.35. The predicted octanol–water partition coefficient (Wildman–Crippen LogP) is 3.18. The normalized spacial score (nSPS) is 13.5. The lowest BCUT2D eigenvalue weighted by Crippen LogP contribution is -2.41. The minimum Gasteiger partial charge on any atom is -0.452 e.